The van der Waals surface area contributed by atoms with E-state index >= 15 is 0 Å². The number of alkyl halides is 13. The molecule has 0 saturated carbocycles. The van der Waals surface area contributed by atoms with Crippen molar-refractivity contribution in [3.63, 3.8) is 0 Å². The van der Waals surface area contributed by atoms with Crippen molar-refractivity contribution in [2.24, 2.45) is 0 Å². The van der Waals surface area contributed by atoms with Gasteiger partial charge in [0.1, 0.15) is 0 Å². The van der Waals surface area contributed by atoms with E-state index in [-0.39, 0.29) is 29.6 Å². The third kappa shape index (κ3) is 3.22. The monoisotopic (exact) mass is 358 g/mol. The minimum Gasteiger partial charge on any atom is -0.813 e. The van der Waals surface area contributed by atoms with Gasteiger partial charge in [-0.2, -0.15) is 52.7 Å². The molecule has 0 N–H and O–H groups in total. The van der Waals surface area contributed by atoms with E-state index in [2.05, 4.69) is 0 Å². The molecule has 0 heterocycles. The summed E-state index contributed by atoms with van der Waals surface area (Å²) in [5.41, 5.74) is 0. The normalized spacial score (nSPS) is 18.0. The van der Waals surface area contributed by atoms with E-state index in [1.807, 2.05) is 0 Å². The van der Waals surface area contributed by atoms with Crippen molar-refractivity contribution in [3.8, 4) is 0 Å². The van der Waals surface area contributed by atoms with E-state index in [1.54, 1.807) is 0 Å². The Morgan fingerprint density at radius 1 is 0.429 bits per heavy atom. The quantitative estimate of drug-likeness (QED) is 0.517. The van der Waals surface area contributed by atoms with Crippen LogP contribution in [0.25, 0.3) is 0 Å². The molecule has 0 aliphatic carbocycles. The predicted molar refractivity (Wildman–Crippen MR) is 30.8 cm³/mol. The van der Waals surface area contributed by atoms with Crippen molar-refractivity contribution in [2.75, 3.05) is 0 Å². The molecule has 1 nitrogen and oxygen atoms in total. The van der Waals surface area contributed by atoms with Crippen molar-refractivity contribution in [1.82, 2.24) is 0 Å². The summed E-state index contributed by atoms with van der Waals surface area (Å²) < 4.78 is 155. The maximum Gasteiger partial charge on any atom is 1.00 e. The van der Waals surface area contributed by atoms with Crippen LogP contribution in [0.2, 0.25) is 0 Å². The van der Waals surface area contributed by atoms with Gasteiger partial charge in [0.25, 0.3) is 0 Å². The second-order valence-electron chi connectivity index (χ2n) is 3.31. The second kappa shape index (κ2) is 5.60. The Bertz CT molecular complexity index is 330. The van der Waals surface area contributed by atoms with E-state index in [0.29, 0.717) is 0 Å². The molecule has 0 amide bonds. The fourth-order valence-corrected chi connectivity index (χ4v) is 0.755. The van der Waals surface area contributed by atoms with Crippen LogP contribution < -0.4 is 34.7 Å². The summed E-state index contributed by atoms with van der Waals surface area (Å²) in [6, 6.07) is 0. The van der Waals surface area contributed by atoms with Crippen LogP contribution in [0.5, 0.6) is 0 Å². The van der Waals surface area contributed by atoms with Gasteiger partial charge in [0.2, 0.25) is 5.85 Å². The van der Waals surface area contributed by atoms with Crippen molar-refractivity contribution in [1.29, 1.82) is 0 Å². The van der Waals surface area contributed by atoms with Crippen molar-refractivity contribution in [3.05, 3.63) is 0 Å². The Labute approximate surface area is 128 Å². The molecule has 122 valence electrons. The zero-order valence-corrected chi connectivity index (χ0v) is 11.3. The van der Waals surface area contributed by atoms with Gasteiger partial charge in [0.15, 0.2) is 0 Å². The topological polar surface area (TPSA) is 23.1 Å². The van der Waals surface area contributed by atoms with Crippen LogP contribution in [-0.2, 0) is 0 Å². The van der Waals surface area contributed by atoms with E-state index in [9.17, 15) is 62.2 Å². The van der Waals surface area contributed by atoms with Crippen LogP contribution >= 0.6 is 0 Å². The van der Waals surface area contributed by atoms with Crippen LogP contribution in [-0.4, -0.2) is 36.0 Å². The minimum absolute atomic E-state index is 0. The molecule has 1 atom stereocenters. The Hall–Kier alpha value is 0.0500. The molecule has 0 fully saturated rings. The summed E-state index contributed by atoms with van der Waals surface area (Å²) in [6.45, 7) is 0. The molecule has 21 heavy (non-hydrogen) atoms. The Balaban J connectivity index is 0. The molecule has 0 aliphatic rings. The van der Waals surface area contributed by atoms with Crippen molar-refractivity contribution in [2.45, 2.75) is 36.0 Å². The zero-order valence-electron chi connectivity index (χ0n) is 9.32. The number of rotatable bonds is 3. The Kier molecular flexibility index (Phi) is 6.22. The van der Waals surface area contributed by atoms with Gasteiger partial charge < -0.3 is 5.11 Å². The van der Waals surface area contributed by atoms with E-state index in [4.69, 9.17) is 0 Å². The van der Waals surface area contributed by atoms with Crippen LogP contribution in [0.3, 0.4) is 0 Å². The van der Waals surface area contributed by atoms with E-state index in [0.717, 1.165) is 0 Å². The SMILES string of the molecule is [Na+].[O-]C(F)(C(F)(F)F)C(F)(F)C(F)(F)C(F)(F)C(F)(F)F. The van der Waals surface area contributed by atoms with Gasteiger partial charge in [-0.15, -0.1) is 0 Å². The van der Waals surface area contributed by atoms with Gasteiger partial charge in [-0.05, 0) is 0 Å². The standard InChI is InChI=1S/C6F13O.Na/c7-1(8,3(11,12)5(14,15)16)2(9,10)4(13,20)6(17,18)19;/q-1;+1. The van der Waals surface area contributed by atoms with Gasteiger partial charge in [-0.25, -0.2) is 4.39 Å². The smallest absolute Gasteiger partial charge is 0.813 e. The Morgan fingerprint density at radius 2 is 0.714 bits per heavy atom. The molecular weight excluding hydrogens is 358 g/mol. The summed E-state index contributed by atoms with van der Waals surface area (Å²) in [7, 11) is 0. The molecule has 0 aliphatic heterocycles. The molecule has 1 unspecified atom stereocenters. The number of halogens is 13. The first-order chi connectivity index (χ1) is 8.25. The summed E-state index contributed by atoms with van der Waals surface area (Å²) in [5.74, 6) is -31.3. The van der Waals surface area contributed by atoms with Gasteiger partial charge in [0, 0.05) is 0 Å². The molecule has 0 bridgehead atoms. The largest absolute Gasteiger partial charge is 1.00 e. The first-order valence-corrected chi connectivity index (χ1v) is 3.91. The minimum atomic E-state index is -7.98. The first-order valence-electron chi connectivity index (χ1n) is 3.91. The average molecular weight is 358 g/mol. The van der Waals surface area contributed by atoms with E-state index < -0.39 is 36.0 Å². The van der Waals surface area contributed by atoms with Crippen molar-refractivity contribution >= 4 is 0 Å². The number of hydrogen-bond donors (Lipinski definition) is 0. The fourth-order valence-electron chi connectivity index (χ4n) is 0.755. The van der Waals surface area contributed by atoms with Gasteiger partial charge >= 0.3 is 59.7 Å². The van der Waals surface area contributed by atoms with Gasteiger partial charge in [-0.3, -0.25) is 0 Å². The van der Waals surface area contributed by atoms with Crippen LogP contribution in [0.1, 0.15) is 0 Å². The molecule has 15 heteroatoms. The van der Waals surface area contributed by atoms with Gasteiger partial charge in [-0.1, -0.05) is 0 Å². The molecule has 0 spiro atoms. The first kappa shape index (κ1) is 23.3. The third-order valence-corrected chi connectivity index (χ3v) is 1.91. The maximum atomic E-state index is 12.4. The second-order valence-corrected chi connectivity index (χ2v) is 3.31. The average Bonchev–Trinajstić information content (AvgIpc) is 2.12. The van der Waals surface area contributed by atoms with E-state index in [1.165, 1.54) is 0 Å². The molecule has 0 saturated heterocycles. The summed E-state index contributed by atoms with van der Waals surface area (Å²) >= 11 is 0. The molecule has 0 aromatic heterocycles. The van der Waals surface area contributed by atoms with Crippen molar-refractivity contribution < 1.29 is 91.7 Å². The zero-order chi connectivity index (χ0) is 17.0. The molecular formula is C6F13NaO. The molecule has 0 aromatic carbocycles. The maximum absolute atomic E-state index is 12.4. The third-order valence-electron chi connectivity index (χ3n) is 1.91. The molecule has 0 aromatic rings. The number of hydrogen-bond acceptors (Lipinski definition) is 1. The molecule has 0 radical (unpaired) electrons. The van der Waals surface area contributed by atoms with Crippen LogP contribution in [0, 0.1) is 0 Å². The van der Waals surface area contributed by atoms with Gasteiger partial charge in [0.05, 0.1) is 0 Å². The molecule has 0 rings (SSSR count). The van der Waals surface area contributed by atoms with Crippen LogP contribution in [0.15, 0.2) is 0 Å². The fraction of sp³-hybridized carbons (Fsp3) is 1.00. The Morgan fingerprint density at radius 3 is 0.905 bits per heavy atom. The predicted octanol–water partition coefficient (Wildman–Crippen LogP) is 0.0470. The summed E-state index contributed by atoms with van der Waals surface area (Å²) in [4.78, 5) is 0. The summed E-state index contributed by atoms with van der Waals surface area (Å²) in [6.07, 6.45) is -14.8. The van der Waals surface area contributed by atoms with Crippen LogP contribution in [0.4, 0.5) is 57.1 Å². The summed E-state index contributed by atoms with van der Waals surface area (Å²) in [5, 5.41) is 9.84.